The zero-order chi connectivity index (χ0) is 9.68. The molecule has 0 heterocycles. The van der Waals surface area contributed by atoms with E-state index in [0.717, 1.165) is 18.8 Å². The Morgan fingerprint density at radius 3 is 2.69 bits per heavy atom. The van der Waals surface area contributed by atoms with Crippen LogP contribution in [-0.4, -0.2) is 23.8 Å². The van der Waals surface area contributed by atoms with E-state index in [2.05, 4.69) is 19.2 Å². The smallest absolute Gasteiger partial charge is 0.0445 e. The molecule has 13 heavy (non-hydrogen) atoms. The first-order chi connectivity index (χ1) is 6.27. The quantitative estimate of drug-likeness (QED) is 0.686. The fourth-order valence-electron chi connectivity index (χ4n) is 2.26. The summed E-state index contributed by atoms with van der Waals surface area (Å²) in [5.41, 5.74) is 0. The summed E-state index contributed by atoms with van der Waals surface area (Å²) in [6.45, 7) is 4.83. The van der Waals surface area contributed by atoms with Crippen molar-refractivity contribution in [3.05, 3.63) is 0 Å². The predicted molar refractivity (Wildman–Crippen MR) is 55.7 cm³/mol. The Bertz CT molecular complexity index is 138. The molecule has 2 nitrogen and oxygen atoms in total. The highest BCUT2D eigenvalue weighted by Gasteiger charge is 2.24. The Morgan fingerprint density at radius 1 is 1.46 bits per heavy atom. The van der Waals surface area contributed by atoms with Crippen molar-refractivity contribution in [2.45, 2.75) is 58.0 Å². The van der Waals surface area contributed by atoms with Crippen LogP contribution < -0.4 is 5.32 Å². The van der Waals surface area contributed by atoms with Crippen LogP contribution in [0.3, 0.4) is 0 Å². The summed E-state index contributed by atoms with van der Waals surface area (Å²) in [6, 6.07) is 1.23. The van der Waals surface area contributed by atoms with Gasteiger partial charge in [0, 0.05) is 18.7 Å². The summed E-state index contributed by atoms with van der Waals surface area (Å²) < 4.78 is 0. The molecule has 3 atom stereocenters. The van der Waals surface area contributed by atoms with Crippen molar-refractivity contribution in [1.82, 2.24) is 5.32 Å². The number of hydrogen-bond acceptors (Lipinski definition) is 2. The van der Waals surface area contributed by atoms with Gasteiger partial charge in [-0.1, -0.05) is 20.3 Å². The molecule has 2 heteroatoms. The van der Waals surface area contributed by atoms with E-state index in [1.54, 1.807) is 0 Å². The highest BCUT2D eigenvalue weighted by atomic mass is 16.3. The molecule has 2 N–H and O–H groups in total. The third kappa shape index (κ3) is 3.28. The highest BCUT2D eigenvalue weighted by molar-refractivity contribution is 4.82. The van der Waals surface area contributed by atoms with E-state index in [1.165, 1.54) is 19.3 Å². The molecule has 0 radical (unpaired) electrons. The summed E-state index contributed by atoms with van der Waals surface area (Å²) >= 11 is 0. The second-order valence-electron chi connectivity index (χ2n) is 4.30. The second-order valence-corrected chi connectivity index (χ2v) is 4.30. The van der Waals surface area contributed by atoms with Crippen molar-refractivity contribution < 1.29 is 5.11 Å². The molecular weight excluding hydrogens is 162 g/mol. The monoisotopic (exact) mass is 185 g/mol. The van der Waals surface area contributed by atoms with Crippen LogP contribution in [0, 0.1) is 5.92 Å². The van der Waals surface area contributed by atoms with Crippen molar-refractivity contribution in [2.75, 3.05) is 6.61 Å². The number of hydrogen-bond donors (Lipinski definition) is 2. The Labute approximate surface area is 81.7 Å². The fourth-order valence-corrected chi connectivity index (χ4v) is 2.26. The molecule has 3 unspecified atom stereocenters. The first-order valence-electron chi connectivity index (χ1n) is 5.64. The number of rotatable bonds is 5. The average molecular weight is 185 g/mol. The molecule has 1 rings (SSSR count). The molecule has 0 spiro atoms. The first-order valence-corrected chi connectivity index (χ1v) is 5.64. The van der Waals surface area contributed by atoms with Crippen LogP contribution in [0.25, 0.3) is 0 Å². The molecule has 0 aromatic heterocycles. The molecule has 0 amide bonds. The highest BCUT2D eigenvalue weighted by Crippen LogP contribution is 2.25. The molecule has 1 fully saturated rings. The maximum atomic E-state index is 8.87. The van der Waals surface area contributed by atoms with Crippen molar-refractivity contribution in [3.63, 3.8) is 0 Å². The maximum Gasteiger partial charge on any atom is 0.0445 e. The summed E-state index contributed by atoms with van der Waals surface area (Å²) in [6.07, 6.45) is 6.09. The average Bonchev–Trinajstić information content (AvgIpc) is 2.51. The summed E-state index contributed by atoms with van der Waals surface area (Å²) in [4.78, 5) is 0. The van der Waals surface area contributed by atoms with E-state index in [0.29, 0.717) is 18.7 Å². The van der Waals surface area contributed by atoms with Crippen LogP contribution >= 0.6 is 0 Å². The van der Waals surface area contributed by atoms with Crippen LogP contribution in [0.4, 0.5) is 0 Å². The molecule has 0 saturated heterocycles. The van der Waals surface area contributed by atoms with Crippen LogP contribution in [0.5, 0.6) is 0 Å². The summed E-state index contributed by atoms with van der Waals surface area (Å²) in [7, 11) is 0. The van der Waals surface area contributed by atoms with Crippen LogP contribution in [0.1, 0.15) is 46.0 Å². The topological polar surface area (TPSA) is 32.3 Å². The van der Waals surface area contributed by atoms with Gasteiger partial charge in [-0.15, -0.1) is 0 Å². The molecule has 1 saturated carbocycles. The van der Waals surface area contributed by atoms with Crippen molar-refractivity contribution in [2.24, 2.45) is 5.92 Å². The van der Waals surface area contributed by atoms with Crippen LogP contribution in [0.15, 0.2) is 0 Å². The fraction of sp³-hybridized carbons (Fsp3) is 1.00. The lowest BCUT2D eigenvalue weighted by Gasteiger charge is -2.24. The maximum absolute atomic E-state index is 8.87. The molecule has 0 bridgehead atoms. The van der Waals surface area contributed by atoms with Gasteiger partial charge in [-0.05, 0) is 31.6 Å². The largest absolute Gasteiger partial charge is 0.396 e. The van der Waals surface area contributed by atoms with Gasteiger partial charge in [0.1, 0.15) is 0 Å². The van der Waals surface area contributed by atoms with Gasteiger partial charge < -0.3 is 10.4 Å². The van der Waals surface area contributed by atoms with E-state index < -0.39 is 0 Å². The number of nitrogens with one attached hydrogen (secondary N) is 1. The zero-order valence-electron chi connectivity index (χ0n) is 8.92. The van der Waals surface area contributed by atoms with Gasteiger partial charge in [-0.2, -0.15) is 0 Å². The normalized spacial score (nSPS) is 30.7. The van der Waals surface area contributed by atoms with Gasteiger partial charge in [0.2, 0.25) is 0 Å². The Kier molecular flexibility index (Phi) is 4.74. The Morgan fingerprint density at radius 2 is 2.23 bits per heavy atom. The van der Waals surface area contributed by atoms with Gasteiger partial charge in [-0.3, -0.25) is 0 Å². The lowest BCUT2D eigenvalue weighted by atomic mass is 10.0. The molecule has 0 aliphatic heterocycles. The lowest BCUT2D eigenvalue weighted by molar-refractivity contribution is 0.249. The molecule has 1 aliphatic rings. The van der Waals surface area contributed by atoms with Gasteiger partial charge in [0.05, 0.1) is 0 Å². The van der Waals surface area contributed by atoms with Crippen LogP contribution in [-0.2, 0) is 0 Å². The third-order valence-corrected chi connectivity index (χ3v) is 3.28. The minimum absolute atomic E-state index is 0.312. The minimum Gasteiger partial charge on any atom is -0.396 e. The molecule has 78 valence electrons. The predicted octanol–water partition coefficient (Wildman–Crippen LogP) is 1.93. The SMILES string of the molecule is CCC(CCO)NC1CCCC1C. The zero-order valence-corrected chi connectivity index (χ0v) is 8.92. The van der Waals surface area contributed by atoms with Gasteiger partial charge >= 0.3 is 0 Å². The van der Waals surface area contributed by atoms with Gasteiger partial charge in [0.25, 0.3) is 0 Å². The number of aliphatic hydroxyl groups excluding tert-OH is 1. The Hall–Kier alpha value is -0.0800. The standard InChI is InChI=1S/C11H23NO/c1-3-10(7-8-13)12-11-6-4-5-9(11)2/h9-13H,3-8H2,1-2H3. The van der Waals surface area contributed by atoms with E-state index in [1.807, 2.05) is 0 Å². The van der Waals surface area contributed by atoms with E-state index in [-0.39, 0.29) is 0 Å². The number of aliphatic hydroxyl groups is 1. The van der Waals surface area contributed by atoms with E-state index in [4.69, 9.17) is 5.11 Å². The molecule has 0 aromatic carbocycles. The lowest BCUT2D eigenvalue weighted by Crippen LogP contribution is -2.39. The summed E-state index contributed by atoms with van der Waals surface area (Å²) in [5.74, 6) is 0.827. The molecule has 0 aromatic rings. The van der Waals surface area contributed by atoms with Gasteiger partial charge in [-0.25, -0.2) is 0 Å². The minimum atomic E-state index is 0.312. The van der Waals surface area contributed by atoms with Crippen molar-refractivity contribution in [1.29, 1.82) is 0 Å². The van der Waals surface area contributed by atoms with Crippen molar-refractivity contribution >= 4 is 0 Å². The second kappa shape index (κ2) is 5.61. The third-order valence-electron chi connectivity index (χ3n) is 3.28. The molecule has 1 aliphatic carbocycles. The summed E-state index contributed by atoms with van der Waals surface area (Å²) in [5, 5.41) is 12.5. The van der Waals surface area contributed by atoms with E-state index in [9.17, 15) is 0 Å². The Balaban J connectivity index is 2.27. The first kappa shape index (κ1) is 11.0. The van der Waals surface area contributed by atoms with E-state index >= 15 is 0 Å². The van der Waals surface area contributed by atoms with Crippen molar-refractivity contribution in [3.8, 4) is 0 Å². The van der Waals surface area contributed by atoms with Crippen LogP contribution in [0.2, 0.25) is 0 Å². The molecular formula is C11H23NO. The van der Waals surface area contributed by atoms with Gasteiger partial charge in [0.15, 0.2) is 0 Å².